The molecule has 4 nitrogen and oxygen atoms in total. The molecule has 0 aliphatic rings. The lowest BCUT2D eigenvalue weighted by molar-refractivity contribution is -0.137. The number of carboxylic acid groups (broad SMARTS) is 1. The second-order valence-electron chi connectivity index (χ2n) is 4.26. The predicted octanol–water partition coefficient (Wildman–Crippen LogP) is 2.54. The van der Waals surface area contributed by atoms with Crippen LogP contribution in [0.15, 0.2) is 36.4 Å². The van der Waals surface area contributed by atoms with Crippen LogP contribution in [0, 0.1) is 0 Å². The van der Waals surface area contributed by atoms with Crippen molar-refractivity contribution in [3.63, 3.8) is 0 Å². The molecular weight excluding hydrogens is 232 g/mol. The molecule has 0 aliphatic heterocycles. The van der Waals surface area contributed by atoms with Gasteiger partial charge < -0.3 is 14.9 Å². The van der Waals surface area contributed by atoms with E-state index in [1.807, 2.05) is 6.92 Å². The lowest BCUT2D eigenvalue weighted by Crippen LogP contribution is -2.03. The van der Waals surface area contributed by atoms with Crippen molar-refractivity contribution < 1.29 is 19.7 Å². The van der Waals surface area contributed by atoms with Crippen molar-refractivity contribution in [1.29, 1.82) is 0 Å². The molecule has 1 unspecified atom stereocenters. The van der Waals surface area contributed by atoms with Crippen LogP contribution in [0.25, 0.3) is 0 Å². The molecule has 1 aromatic carbocycles. The molecular formula is C14H18O4. The van der Waals surface area contributed by atoms with Crippen LogP contribution in [0.2, 0.25) is 0 Å². The van der Waals surface area contributed by atoms with Crippen molar-refractivity contribution in [2.75, 3.05) is 6.61 Å². The van der Waals surface area contributed by atoms with E-state index in [-0.39, 0.29) is 12.8 Å². The molecule has 0 saturated carbocycles. The van der Waals surface area contributed by atoms with Crippen molar-refractivity contribution in [2.24, 2.45) is 0 Å². The van der Waals surface area contributed by atoms with Crippen LogP contribution in [0.5, 0.6) is 5.75 Å². The van der Waals surface area contributed by atoms with E-state index in [1.165, 1.54) is 0 Å². The second kappa shape index (κ2) is 6.81. The highest BCUT2D eigenvalue weighted by Gasteiger charge is 2.09. The highest BCUT2D eigenvalue weighted by Crippen LogP contribution is 2.21. The van der Waals surface area contributed by atoms with Crippen LogP contribution < -0.4 is 4.74 Å². The van der Waals surface area contributed by atoms with Gasteiger partial charge in [-0.25, -0.2) is 0 Å². The molecule has 0 aliphatic carbocycles. The molecule has 0 amide bonds. The largest absolute Gasteiger partial charge is 0.489 e. The molecule has 98 valence electrons. The van der Waals surface area contributed by atoms with Crippen molar-refractivity contribution in [2.45, 2.75) is 25.9 Å². The molecule has 0 saturated heterocycles. The van der Waals surface area contributed by atoms with Gasteiger partial charge in [-0.2, -0.15) is 0 Å². The first-order chi connectivity index (χ1) is 8.49. The Balaban J connectivity index is 2.53. The SMILES string of the molecule is C=C(C)COc1ccc(C(O)CCC(=O)O)cc1. The third-order valence-electron chi connectivity index (χ3n) is 2.38. The smallest absolute Gasteiger partial charge is 0.303 e. The van der Waals surface area contributed by atoms with Gasteiger partial charge in [-0.1, -0.05) is 18.7 Å². The Labute approximate surface area is 107 Å². The summed E-state index contributed by atoms with van der Waals surface area (Å²) < 4.78 is 5.43. The molecule has 2 N–H and O–H groups in total. The number of aliphatic hydroxyl groups excluding tert-OH is 1. The van der Waals surface area contributed by atoms with Crippen LogP contribution in [-0.2, 0) is 4.79 Å². The topological polar surface area (TPSA) is 66.8 Å². The minimum atomic E-state index is -0.907. The Morgan fingerprint density at radius 1 is 1.39 bits per heavy atom. The number of rotatable bonds is 7. The van der Waals surface area contributed by atoms with Crippen LogP contribution in [0.3, 0.4) is 0 Å². The number of aliphatic carboxylic acids is 1. The summed E-state index contributed by atoms with van der Waals surface area (Å²) in [6, 6.07) is 6.98. The molecule has 4 heteroatoms. The fourth-order valence-corrected chi connectivity index (χ4v) is 1.42. The number of ether oxygens (including phenoxy) is 1. The summed E-state index contributed by atoms with van der Waals surface area (Å²) in [4.78, 5) is 10.4. The molecule has 0 fully saturated rings. The third-order valence-corrected chi connectivity index (χ3v) is 2.38. The van der Waals surface area contributed by atoms with E-state index in [1.54, 1.807) is 24.3 Å². The first-order valence-corrected chi connectivity index (χ1v) is 5.76. The van der Waals surface area contributed by atoms with Crippen molar-refractivity contribution >= 4 is 5.97 Å². The van der Waals surface area contributed by atoms with Gasteiger partial charge in [0.25, 0.3) is 0 Å². The van der Waals surface area contributed by atoms with E-state index in [0.29, 0.717) is 17.9 Å². The van der Waals surface area contributed by atoms with Crippen LogP contribution in [0.4, 0.5) is 0 Å². The van der Waals surface area contributed by atoms with Crippen molar-refractivity contribution in [3.05, 3.63) is 42.0 Å². The average Bonchev–Trinajstić information content (AvgIpc) is 2.34. The van der Waals surface area contributed by atoms with Gasteiger partial charge in [0.2, 0.25) is 0 Å². The number of hydrogen-bond donors (Lipinski definition) is 2. The number of aliphatic hydroxyl groups is 1. The zero-order valence-electron chi connectivity index (χ0n) is 10.4. The zero-order valence-corrected chi connectivity index (χ0v) is 10.4. The summed E-state index contributed by atoms with van der Waals surface area (Å²) in [5.41, 5.74) is 1.62. The van der Waals surface area contributed by atoms with Gasteiger partial charge in [-0.05, 0) is 36.6 Å². The van der Waals surface area contributed by atoms with E-state index >= 15 is 0 Å². The summed E-state index contributed by atoms with van der Waals surface area (Å²) in [6.45, 7) is 6.07. The monoisotopic (exact) mass is 250 g/mol. The van der Waals surface area contributed by atoms with Gasteiger partial charge in [0, 0.05) is 6.42 Å². The molecule has 0 spiro atoms. The molecule has 1 rings (SSSR count). The minimum Gasteiger partial charge on any atom is -0.489 e. The molecule has 0 heterocycles. The van der Waals surface area contributed by atoms with Crippen LogP contribution in [-0.4, -0.2) is 22.8 Å². The van der Waals surface area contributed by atoms with Gasteiger partial charge in [0.15, 0.2) is 0 Å². The summed E-state index contributed by atoms with van der Waals surface area (Å²) in [5, 5.41) is 18.3. The number of carboxylic acids is 1. The highest BCUT2D eigenvalue weighted by molar-refractivity contribution is 5.66. The summed E-state index contributed by atoms with van der Waals surface area (Å²) in [6.07, 6.45) is -0.590. The lowest BCUT2D eigenvalue weighted by atomic mass is 10.1. The Kier molecular flexibility index (Phi) is 5.39. The Bertz CT molecular complexity index is 408. The van der Waals surface area contributed by atoms with E-state index in [4.69, 9.17) is 9.84 Å². The molecule has 0 aromatic heterocycles. The minimum absolute atomic E-state index is 0.0466. The molecule has 0 radical (unpaired) electrons. The molecule has 0 bridgehead atoms. The van der Waals surface area contributed by atoms with Gasteiger partial charge in [-0.15, -0.1) is 0 Å². The Morgan fingerprint density at radius 3 is 2.50 bits per heavy atom. The number of benzene rings is 1. The zero-order chi connectivity index (χ0) is 13.5. The first-order valence-electron chi connectivity index (χ1n) is 5.76. The maximum absolute atomic E-state index is 10.4. The quantitative estimate of drug-likeness (QED) is 0.730. The van der Waals surface area contributed by atoms with E-state index in [2.05, 4.69) is 6.58 Å². The third kappa shape index (κ3) is 5.01. The van der Waals surface area contributed by atoms with E-state index in [0.717, 1.165) is 5.57 Å². The molecule has 18 heavy (non-hydrogen) atoms. The van der Waals surface area contributed by atoms with Crippen molar-refractivity contribution in [3.8, 4) is 5.75 Å². The van der Waals surface area contributed by atoms with Gasteiger partial charge in [0.1, 0.15) is 12.4 Å². The Morgan fingerprint density at radius 2 is 2.00 bits per heavy atom. The summed E-state index contributed by atoms with van der Waals surface area (Å²) in [5.74, 6) is -0.206. The fourth-order valence-electron chi connectivity index (χ4n) is 1.42. The average molecular weight is 250 g/mol. The number of carbonyl (C=O) groups is 1. The second-order valence-corrected chi connectivity index (χ2v) is 4.26. The van der Waals surface area contributed by atoms with Crippen molar-refractivity contribution in [1.82, 2.24) is 0 Å². The highest BCUT2D eigenvalue weighted by atomic mass is 16.5. The number of hydrogen-bond acceptors (Lipinski definition) is 3. The Hall–Kier alpha value is -1.81. The maximum Gasteiger partial charge on any atom is 0.303 e. The summed E-state index contributed by atoms with van der Waals surface area (Å²) >= 11 is 0. The van der Waals surface area contributed by atoms with E-state index < -0.39 is 12.1 Å². The molecule has 1 aromatic rings. The summed E-state index contributed by atoms with van der Waals surface area (Å²) in [7, 11) is 0. The van der Waals surface area contributed by atoms with Crippen LogP contribution >= 0.6 is 0 Å². The first kappa shape index (κ1) is 14.3. The van der Waals surface area contributed by atoms with Gasteiger partial charge in [-0.3, -0.25) is 4.79 Å². The van der Waals surface area contributed by atoms with E-state index in [9.17, 15) is 9.90 Å². The van der Waals surface area contributed by atoms with Gasteiger partial charge >= 0.3 is 5.97 Å². The lowest BCUT2D eigenvalue weighted by Gasteiger charge is -2.11. The van der Waals surface area contributed by atoms with Gasteiger partial charge in [0.05, 0.1) is 6.10 Å². The standard InChI is InChI=1S/C14H18O4/c1-10(2)9-18-12-5-3-11(4-6-12)13(15)7-8-14(16)17/h3-6,13,15H,1,7-9H2,2H3,(H,16,17). The van der Waals surface area contributed by atoms with Crippen LogP contribution in [0.1, 0.15) is 31.4 Å². The predicted molar refractivity (Wildman–Crippen MR) is 68.6 cm³/mol. The maximum atomic E-state index is 10.4. The fraction of sp³-hybridized carbons (Fsp3) is 0.357. The normalized spacial score (nSPS) is 11.9. The molecule has 1 atom stereocenters.